The second kappa shape index (κ2) is 19.6. The van der Waals surface area contributed by atoms with Crippen molar-refractivity contribution in [2.24, 2.45) is 28.2 Å². The minimum atomic E-state index is -0.833. The van der Waals surface area contributed by atoms with Crippen LogP contribution >= 0.6 is 23.5 Å². The number of carbonyl (C=O) groups is 5. The number of Topliss-reactive ketones (excluding diaryl/α,β-unsaturated/α-hetero) is 3. The maximum absolute atomic E-state index is 13.5. The van der Waals surface area contributed by atoms with Gasteiger partial charge in [0.1, 0.15) is 34.2 Å². The molecule has 19 nitrogen and oxygen atoms in total. The lowest BCUT2D eigenvalue weighted by molar-refractivity contribution is -0.134. The number of hydrogen-bond donors (Lipinski definition) is 2. The molecule has 0 aliphatic heterocycles. The summed E-state index contributed by atoms with van der Waals surface area (Å²) < 4.78 is 21.5. The number of aromatic nitrogens is 8. The Morgan fingerprint density at radius 3 is 1.75 bits per heavy atom. The molecule has 11 rings (SSSR count). The van der Waals surface area contributed by atoms with E-state index in [9.17, 15) is 38.4 Å². The first-order chi connectivity index (χ1) is 32.4. The molecule has 0 spiro atoms. The van der Waals surface area contributed by atoms with Gasteiger partial charge in [0.15, 0.2) is 17.3 Å². The summed E-state index contributed by atoms with van der Waals surface area (Å²) in [5, 5.41) is 7.42. The molecule has 0 radical (unpaired) electrons. The number of nitrogens with two attached hydrogens (primary N) is 1. The van der Waals surface area contributed by atoms with E-state index >= 15 is 0 Å². The fraction of sp³-hybridized carbons (Fsp3) is 0.170. The van der Waals surface area contributed by atoms with Crippen LogP contribution in [-0.2, 0) is 39.4 Å². The lowest BCUT2D eigenvalue weighted by atomic mass is 9.76. The zero-order valence-corrected chi connectivity index (χ0v) is 38.5. The van der Waals surface area contributed by atoms with E-state index < -0.39 is 17.6 Å². The topological polar surface area (TPSA) is 271 Å². The Labute approximate surface area is 392 Å². The average molecular weight is 954 g/mol. The highest BCUT2D eigenvalue weighted by Gasteiger charge is 2.42. The quantitative estimate of drug-likeness (QED) is 0.182. The Kier molecular flexibility index (Phi) is 13.7. The molecule has 344 valence electrons. The monoisotopic (exact) mass is 953 g/mol. The number of fused-ring (bicyclic) bond motifs is 6. The number of nitrogen functional groups attached to an aromatic ring is 1. The number of nitrogens with zero attached hydrogens (tertiary/aromatic N) is 8. The van der Waals surface area contributed by atoms with Gasteiger partial charge >= 0.3 is 11.4 Å². The normalized spacial score (nSPS) is 13.9. The predicted molar refractivity (Wildman–Crippen MR) is 255 cm³/mol. The number of carboxylic acids is 1. The van der Waals surface area contributed by atoms with Crippen LogP contribution in [0.3, 0.4) is 0 Å². The number of anilines is 1. The molecule has 0 fully saturated rings. The van der Waals surface area contributed by atoms with E-state index in [4.69, 9.17) is 15.6 Å². The minimum absolute atomic E-state index is 0.0504. The van der Waals surface area contributed by atoms with Gasteiger partial charge in [-0.25, -0.2) is 9.59 Å². The number of aldehydes is 1. The summed E-state index contributed by atoms with van der Waals surface area (Å²) >= 11 is 2.28. The highest BCUT2D eigenvalue weighted by atomic mass is 32.1. The van der Waals surface area contributed by atoms with Gasteiger partial charge in [0.05, 0.1) is 29.9 Å². The molecule has 4 aromatic carbocycles. The largest absolute Gasteiger partial charge is 0.481 e. The summed E-state index contributed by atoms with van der Waals surface area (Å²) in [6.07, 6.45) is 1.23. The summed E-state index contributed by atoms with van der Waals surface area (Å²) in [4.78, 5) is 103. The van der Waals surface area contributed by atoms with Gasteiger partial charge in [-0.3, -0.25) is 51.8 Å². The van der Waals surface area contributed by atoms with Gasteiger partial charge in [-0.05, 0) is 47.0 Å². The number of allylic oxidation sites excluding steroid dienone is 2. The number of carbonyl (C=O) groups excluding carboxylic acids is 4. The third-order valence-electron chi connectivity index (χ3n) is 11.2. The highest BCUT2D eigenvalue weighted by Crippen LogP contribution is 2.48. The number of ketones is 3. The summed E-state index contributed by atoms with van der Waals surface area (Å²) in [6.45, 7) is 1.08. The van der Waals surface area contributed by atoms with E-state index in [-0.39, 0.29) is 46.4 Å². The summed E-state index contributed by atoms with van der Waals surface area (Å²) in [7, 11) is 6.07. The molecule has 21 heteroatoms. The number of aliphatic carboxylic acids is 1. The number of benzene rings is 4. The van der Waals surface area contributed by atoms with E-state index in [0.717, 1.165) is 84.6 Å². The second-order valence-electron chi connectivity index (χ2n) is 15.5. The molecular weight excluding hydrogens is 915 g/mol. The fourth-order valence-electron chi connectivity index (χ4n) is 7.84. The molecule has 0 amide bonds. The van der Waals surface area contributed by atoms with Crippen LogP contribution in [0.25, 0.3) is 27.6 Å². The Morgan fingerprint density at radius 2 is 1.16 bits per heavy atom. The molecular formula is C47H39N9O10S2. The van der Waals surface area contributed by atoms with E-state index in [1.165, 1.54) is 36.3 Å². The predicted octanol–water partition coefficient (Wildman–Crippen LogP) is 4.14. The Morgan fingerprint density at radius 1 is 0.647 bits per heavy atom. The molecule has 8 aromatic rings. The molecule has 68 heavy (non-hydrogen) atoms. The third-order valence-corrected chi connectivity index (χ3v) is 12.4. The number of carboxylic acid groups (broad SMARTS) is 1. The molecule has 3 aliphatic carbocycles. The molecule has 0 saturated carbocycles. The van der Waals surface area contributed by atoms with Gasteiger partial charge in [0, 0.05) is 92.6 Å². The highest BCUT2D eigenvalue weighted by molar-refractivity contribution is 7.00. The van der Waals surface area contributed by atoms with Crippen LogP contribution in [0.1, 0.15) is 83.1 Å². The summed E-state index contributed by atoms with van der Waals surface area (Å²) in [5.74, 6) is -1.39. The average Bonchev–Trinajstić information content (AvgIpc) is 4.13. The second-order valence-corrected chi connectivity index (χ2v) is 16.5. The maximum atomic E-state index is 13.5. The SMILES string of the molecule is CC(=O)O.Cn1c(N)cc(=O)n(C)c1=O.Cn1c2c(c(=O)n(C)c1=O)C(c1ccc3nsnc3c1)C1=C(C2)c2ccccc2C1=O.O=C1CC(=O)c2ccccc21.O=Cc1ccc2nsnc2c1. The van der Waals surface area contributed by atoms with Crippen molar-refractivity contribution >= 4 is 86.5 Å². The Hall–Kier alpha value is -8.43. The summed E-state index contributed by atoms with van der Waals surface area (Å²) in [6, 6.07) is 26.6. The van der Waals surface area contributed by atoms with Crippen LogP contribution in [0.5, 0.6) is 0 Å². The summed E-state index contributed by atoms with van der Waals surface area (Å²) in [5.41, 5.74) is 13.7. The minimum Gasteiger partial charge on any atom is -0.481 e. The van der Waals surface area contributed by atoms with E-state index in [2.05, 4.69) is 17.5 Å². The maximum Gasteiger partial charge on any atom is 0.332 e. The fourth-order valence-corrected chi connectivity index (χ4v) is 8.87. The van der Waals surface area contributed by atoms with E-state index in [1.807, 2.05) is 42.5 Å². The first-order valence-corrected chi connectivity index (χ1v) is 21.8. The van der Waals surface area contributed by atoms with Crippen molar-refractivity contribution in [3.63, 3.8) is 0 Å². The van der Waals surface area contributed by atoms with Crippen molar-refractivity contribution in [3.05, 3.63) is 183 Å². The Balaban J connectivity index is 0.000000151. The van der Waals surface area contributed by atoms with Gasteiger partial charge in [-0.15, -0.1) is 0 Å². The molecule has 4 heterocycles. The van der Waals surface area contributed by atoms with Gasteiger partial charge in [0.2, 0.25) is 0 Å². The number of rotatable bonds is 2. The zero-order valence-electron chi connectivity index (χ0n) is 36.8. The standard InChI is InChI=1S/C23H16N4O3S.C9H6O2.C7H4N2OS.C6H9N3O2.C2H4O2/c1-26-17-10-14-12-5-3-4-6-13(12)21(28)19(14)18(20(17)22(29)27(2)23(26)30)11-7-8-15-16(9-11)25-31-24-15;10-8-5-9(11)7-4-2-1-3-6(7)8;10-4-5-1-2-6-7(3-5)9-11-8-6;1-8-4(7)3-5(10)9(2)6(8)11;1-2(3)4/h3-9,18H,10H2,1-2H3;1-4H,5H2;1-4H;3H,7H2,1-2H3;1H3,(H,3,4). The van der Waals surface area contributed by atoms with Crippen molar-refractivity contribution in [2.75, 3.05) is 5.73 Å². The third kappa shape index (κ3) is 9.19. The van der Waals surface area contributed by atoms with Crippen LogP contribution in [-0.4, -0.2) is 70.5 Å². The van der Waals surface area contributed by atoms with Crippen LogP contribution in [0.4, 0.5) is 5.82 Å². The van der Waals surface area contributed by atoms with Crippen LogP contribution in [0.15, 0.2) is 116 Å². The molecule has 4 aromatic heterocycles. The molecule has 1 unspecified atom stereocenters. The van der Waals surface area contributed by atoms with Crippen molar-refractivity contribution < 1.29 is 29.1 Å². The van der Waals surface area contributed by atoms with Crippen molar-refractivity contribution in [2.45, 2.75) is 25.7 Å². The molecule has 0 bridgehead atoms. The van der Waals surface area contributed by atoms with Crippen molar-refractivity contribution in [1.82, 2.24) is 35.8 Å². The first-order valence-electron chi connectivity index (χ1n) is 20.4. The molecule has 3 aliphatic rings. The van der Waals surface area contributed by atoms with E-state index in [1.54, 1.807) is 49.5 Å². The van der Waals surface area contributed by atoms with Crippen LogP contribution in [0, 0.1) is 0 Å². The zero-order chi connectivity index (χ0) is 49.1. The molecule has 3 N–H and O–H groups in total. The smallest absolute Gasteiger partial charge is 0.332 e. The lowest BCUT2D eigenvalue weighted by Gasteiger charge is -2.29. The van der Waals surface area contributed by atoms with E-state index in [0.29, 0.717) is 45.5 Å². The molecule has 0 saturated heterocycles. The van der Waals surface area contributed by atoms with Crippen LogP contribution in [0.2, 0.25) is 0 Å². The van der Waals surface area contributed by atoms with Gasteiger partial charge in [-0.1, -0.05) is 54.6 Å². The molecule has 1 atom stereocenters. The van der Waals surface area contributed by atoms with Gasteiger partial charge in [0.25, 0.3) is 17.1 Å². The van der Waals surface area contributed by atoms with Gasteiger partial charge < -0.3 is 10.8 Å². The van der Waals surface area contributed by atoms with Gasteiger partial charge in [-0.2, -0.15) is 17.5 Å². The number of hydrogen-bond acceptors (Lipinski definition) is 16. The van der Waals surface area contributed by atoms with Crippen molar-refractivity contribution in [1.29, 1.82) is 0 Å². The van der Waals surface area contributed by atoms with Crippen molar-refractivity contribution in [3.8, 4) is 0 Å². The lowest BCUT2D eigenvalue weighted by Crippen LogP contribution is -2.43. The Bertz CT molecular complexity index is 3630. The first kappa shape index (κ1) is 47.5. The van der Waals surface area contributed by atoms with Crippen LogP contribution < -0.4 is 28.2 Å².